The molecule has 0 unspecified atom stereocenters. The van der Waals surface area contributed by atoms with Gasteiger partial charge in [-0.05, 0) is 44.6 Å². The van der Waals surface area contributed by atoms with Gasteiger partial charge in [-0.3, -0.25) is 14.9 Å². The molecule has 2 fully saturated rings. The summed E-state index contributed by atoms with van der Waals surface area (Å²) in [6, 6.07) is 7.28. The quantitative estimate of drug-likeness (QED) is 0.618. The number of anilines is 1. The lowest BCUT2D eigenvalue weighted by Crippen LogP contribution is -2.48. The summed E-state index contributed by atoms with van der Waals surface area (Å²) in [7, 11) is 0. The van der Waals surface area contributed by atoms with Gasteiger partial charge in [0.25, 0.3) is 5.69 Å². The lowest BCUT2D eigenvalue weighted by atomic mass is 9.91. The molecule has 3 rings (SSSR count). The third kappa shape index (κ3) is 3.78. The first-order valence-electron chi connectivity index (χ1n) is 9.40. The minimum atomic E-state index is -0.327. The first-order valence-corrected chi connectivity index (χ1v) is 9.40. The average molecular weight is 345 g/mol. The van der Waals surface area contributed by atoms with Crippen LogP contribution in [0.1, 0.15) is 45.4 Å². The molecule has 0 spiro atoms. The molecule has 2 aliphatic heterocycles. The van der Waals surface area contributed by atoms with Crippen molar-refractivity contribution in [2.24, 2.45) is 5.92 Å². The second-order valence-corrected chi connectivity index (χ2v) is 7.10. The number of hydrogen-bond acceptors (Lipinski definition) is 4. The molecule has 1 aromatic rings. The molecular formula is C19H27N3O3. The minimum Gasteiger partial charge on any atom is -0.366 e. The van der Waals surface area contributed by atoms with Crippen LogP contribution in [-0.4, -0.2) is 41.4 Å². The van der Waals surface area contributed by atoms with Gasteiger partial charge in [0.1, 0.15) is 5.69 Å². The van der Waals surface area contributed by atoms with Crippen LogP contribution in [0.5, 0.6) is 0 Å². The van der Waals surface area contributed by atoms with Gasteiger partial charge in [0.05, 0.1) is 4.92 Å². The van der Waals surface area contributed by atoms with Crippen LogP contribution in [0.2, 0.25) is 0 Å². The third-order valence-corrected chi connectivity index (χ3v) is 5.64. The molecule has 2 heterocycles. The summed E-state index contributed by atoms with van der Waals surface area (Å²) in [5, 5.41) is 11.2. The monoisotopic (exact) mass is 345 g/mol. The first-order chi connectivity index (χ1) is 12.1. The van der Waals surface area contributed by atoms with E-state index in [9.17, 15) is 14.9 Å². The van der Waals surface area contributed by atoms with E-state index in [-0.39, 0.29) is 16.5 Å². The van der Waals surface area contributed by atoms with Crippen LogP contribution in [0.25, 0.3) is 0 Å². The van der Waals surface area contributed by atoms with Crippen molar-refractivity contribution in [3.05, 3.63) is 34.4 Å². The smallest absolute Gasteiger partial charge is 0.292 e. The number of nitro benzene ring substituents is 1. The molecule has 6 heteroatoms. The van der Waals surface area contributed by atoms with Crippen LogP contribution in [0.4, 0.5) is 11.4 Å². The highest BCUT2D eigenvalue weighted by Gasteiger charge is 2.33. The van der Waals surface area contributed by atoms with Gasteiger partial charge in [0.15, 0.2) is 0 Å². The number of benzene rings is 1. The number of piperidine rings is 2. The number of carbonyl (C=O) groups excluding carboxylic acids is 1. The molecule has 2 aliphatic rings. The number of carbonyl (C=O) groups is 1. The molecule has 0 bridgehead atoms. The number of nitro groups is 1. The summed E-state index contributed by atoms with van der Waals surface area (Å²) in [4.78, 5) is 28.0. The highest BCUT2D eigenvalue weighted by atomic mass is 16.6. The Morgan fingerprint density at radius 3 is 2.56 bits per heavy atom. The zero-order valence-corrected chi connectivity index (χ0v) is 14.9. The predicted molar refractivity (Wildman–Crippen MR) is 97.7 cm³/mol. The van der Waals surface area contributed by atoms with Gasteiger partial charge in [0.2, 0.25) is 5.91 Å². The summed E-state index contributed by atoms with van der Waals surface area (Å²) in [6.07, 6.45) is 6.03. The number of nitrogens with zero attached hydrogens (tertiary/aromatic N) is 3. The van der Waals surface area contributed by atoms with Crippen molar-refractivity contribution in [2.75, 3.05) is 24.5 Å². The second kappa shape index (κ2) is 7.85. The molecule has 0 N–H and O–H groups in total. The summed E-state index contributed by atoms with van der Waals surface area (Å²) < 4.78 is 0. The van der Waals surface area contributed by atoms with Crippen LogP contribution in [-0.2, 0) is 4.79 Å². The number of amides is 1. The lowest BCUT2D eigenvalue weighted by Gasteiger charge is -2.40. The van der Waals surface area contributed by atoms with Crippen LogP contribution < -0.4 is 4.90 Å². The Morgan fingerprint density at radius 1 is 1.16 bits per heavy atom. The number of para-hydroxylation sites is 2. The Bertz CT molecular complexity index is 626. The van der Waals surface area contributed by atoms with Crippen molar-refractivity contribution in [3.63, 3.8) is 0 Å². The maximum absolute atomic E-state index is 12.9. The average Bonchev–Trinajstić information content (AvgIpc) is 2.67. The number of rotatable bonds is 4. The van der Waals surface area contributed by atoms with Crippen LogP contribution >= 0.6 is 0 Å². The van der Waals surface area contributed by atoms with Crippen LogP contribution in [0.3, 0.4) is 0 Å². The predicted octanol–water partition coefficient (Wildman–Crippen LogP) is 3.60. The molecule has 0 aromatic heterocycles. The van der Waals surface area contributed by atoms with Gasteiger partial charge in [-0.2, -0.15) is 0 Å². The largest absolute Gasteiger partial charge is 0.366 e. The van der Waals surface area contributed by atoms with Crippen LogP contribution in [0, 0.1) is 16.0 Å². The molecule has 0 aliphatic carbocycles. The molecule has 1 aromatic carbocycles. The molecule has 0 radical (unpaired) electrons. The van der Waals surface area contributed by atoms with Crippen molar-refractivity contribution >= 4 is 17.3 Å². The fraction of sp³-hybridized carbons (Fsp3) is 0.632. The Labute approximate surface area is 148 Å². The van der Waals surface area contributed by atoms with Crippen molar-refractivity contribution in [1.82, 2.24) is 4.90 Å². The molecule has 25 heavy (non-hydrogen) atoms. The van der Waals surface area contributed by atoms with E-state index >= 15 is 0 Å². The van der Waals surface area contributed by atoms with E-state index in [0.717, 1.165) is 38.6 Å². The normalized spacial score (nSPS) is 22.0. The summed E-state index contributed by atoms with van der Waals surface area (Å²) in [6.45, 7) is 4.45. The molecule has 1 atom stereocenters. The van der Waals surface area contributed by atoms with Crippen molar-refractivity contribution < 1.29 is 9.72 Å². The summed E-state index contributed by atoms with van der Waals surface area (Å²) in [5.74, 6) is 0.361. The van der Waals surface area contributed by atoms with E-state index in [1.807, 2.05) is 6.07 Å². The van der Waals surface area contributed by atoms with Gasteiger partial charge in [-0.15, -0.1) is 0 Å². The Morgan fingerprint density at radius 2 is 1.88 bits per heavy atom. The van der Waals surface area contributed by atoms with Gasteiger partial charge in [0, 0.05) is 37.7 Å². The highest BCUT2D eigenvalue weighted by Crippen LogP contribution is 2.32. The SMILES string of the molecule is CC[C@@H]1CCCCN1C(=O)C1CCN(c2ccccc2[N+](=O)[O-])CC1. The van der Waals surface area contributed by atoms with E-state index in [1.54, 1.807) is 18.2 Å². The molecule has 6 nitrogen and oxygen atoms in total. The van der Waals surface area contributed by atoms with Gasteiger partial charge >= 0.3 is 0 Å². The fourth-order valence-corrected chi connectivity index (χ4v) is 4.20. The minimum absolute atomic E-state index is 0.0613. The zero-order chi connectivity index (χ0) is 17.8. The standard InChI is InChI=1S/C19H27N3O3/c1-2-16-7-5-6-12-21(16)19(23)15-10-13-20(14-11-15)17-8-3-4-9-18(17)22(24)25/h3-4,8-9,15-16H,2,5-7,10-14H2,1H3/t16-/m1/s1. The summed E-state index contributed by atoms with van der Waals surface area (Å²) >= 11 is 0. The fourth-order valence-electron chi connectivity index (χ4n) is 4.20. The van der Waals surface area contributed by atoms with E-state index in [2.05, 4.69) is 16.7 Å². The highest BCUT2D eigenvalue weighted by molar-refractivity contribution is 5.79. The molecule has 136 valence electrons. The summed E-state index contributed by atoms with van der Waals surface area (Å²) in [5.41, 5.74) is 0.817. The number of hydrogen-bond donors (Lipinski definition) is 0. The van der Waals surface area contributed by atoms with Crippen LogP contribution in [0.15, 0.2) is 24.3 Å². The Hall–Kier alpha value is -2.11. The molecule has 0 saturated carbocycles. The topological polar surface area (TPSA) is 66.7 Å². The van der Waals surface area contributed by atoms with Crippen molar-refractivity contribution in [1.29, 1.82) is 0 Å². The van der Waals surface area contributed by atoms with E-state index in [0.29, 0.717) is 30.7 Å². The van der Waals surface area contributed by atoms with Gasteiger partial charge in [-0.25, -0.2) is 0 Å². The van der Waals surface area contributed by atoms with Gasteiger partial charge in [-0.1, -0.05) is 19.1 Å². The maximum Gasteiger partial charge on any atom is 0.292 e. The molecule has 1 amide bonds. The number of likely N-dealkylation sites (tertiary alicyclic amines) is 1. The van der Waals surface area contributed by atoms with E-state index in [4.69, 9.17) is 0 Å². The molecule has 2 saturated heterocycles. The lowest BCUT2D eigenvalue weighted by molar-refractivity contribution is -0.384. The first kappa shape index (κ1) is 17.7. The van der Waals surface area contributed by atoms with E-state index in [1.165, 1.54) is 6.42 Å². The van der Waals surface area contributed by atoms with Crippen molar-refractivity contribution in [3.8, 4) is 0 Å². The third-order valence-electron chi connectivity index (χ3n) is 5.64. The Kier molecular flexibility index (Phi) is 5.56. The van der Waals surface area contributed by atoms with Crippen molar-refractivity contribution in [2.45, 2.75) is 51.5 Å². The second-order valence-electron chi connectivity index (χ2n) is 7.10. The zero-order valence-electron chi connectivity index (χ0n) is 14.9. The molecular weight excluding hydrogens is 318 g/mol. The maximum atomic E-state index is 12.9. The van der Waals surface area contributed by atoms with Gasteiger partial charge < -0.3 is 9.80 Å². The Balaban J connectivity index is 1.64. The van der Waals surface area contributed by atoms with E-state index < -0.39 is 0 Å².